The summed E-state index contributed by atoms with van der Waals surface area (Å²) in [7, 11) is 0. The van der Waals surface area contributed by atoms with Crippen molar-refractivity contribution in [3.63, 3.8) is 0 Å². The predicted octanol–water partition coefficient (Wildman–Crippen LogP) is 7.23. The van der Waals surface area contributed by atoms with Crippen molar-refractivity contribution >= 4 is 5.97 Å². The first-order valence-electron chi connectivity index (χ1n) is 12.8. The zero-order chi connectivity index (χ0) is 27.7. The van der Waals surface area contributed by atoms with Gasteiger partial charge in [-0.25, -0.2) is 0 Å². The van der Waals surface area contributed by atoms with E-state index < -0.39 is 35.4 Å². The summed E-state index contributed by atoms with van der Waals surface area (Å²) in [4.78, 5) is 13.3. The van der Waals surface area contributed by atoms with Crippen molar-refractivity contribution in [3.05, 3.63) is 64.7 Å². The average molecular weight is 544 g/mol. The van der Waals surface area contributed by atoms with E-state index in [0.717, 1.165) is 18.4 Å². The van der Waals surface area contributed by atoms with Crippen molar-refractivity contribution in [2.24, 2.45) is 17.8 Å². The second-order valence-corrected chi connectivity index (χ2v) is 10.5. The summed E-state index contributed by atoms with van der Waals surface area (Å²) < 4.78 is 85.6. The Balaban J connectivity index is 1.34. The predicted molar refractivity (Wildman–Crippen MR) is 129 cm³/mol. The number of likely N-dealkylation sites (tertiary alicyclic amines) is 1. The van der Waals surface area contributed by atoms with Gasteiger partial charge < -0.3 is 9.84 Å². The molecule has 1 saturated carbocycles. The second kappa shape index (κ2) is 11.2. The molecule has 4 rings (SSSR count). The fraction of sp³-hybridized carbons (Fsp3) is 0.536. The number of hydrogen-bond donors (Lipinski definition) is 1. The Labute approximate surface area is 217 Å². The van der Waals surface area contributed by atoms with E-state index >= 15 is 0 Å². The quantitative estimate of drug-likeness (QED) is 0.339. The van der Waals surface area contributed by atoms with Crippen LogP contribution in [0.1, 0.15) is 60.8 Å². The van der Waals surface area contributed by atoms with Gasteiger partial charge in [0.25, 0.3) is 0 Å². The molecule has 1 aliphatic heterocycles. The summed E-state index contributed by atoms with van der Waals surface area (Å²) in [5.74, 6) is -0.251. The second-order valence-electron chi connectivity index (χ2n) is 10.5. The van der Waals surface area contributed by atoms with Crippen molar-refractivity contribution in [1.29, 1.82) is 0 Å². The van der Waals surface area contributed by atoms with Gasteiger partial charge in [0.1, 0.15) is 5.75 Å². The third kappa shape index (κ3) is 7.01. The number of piperidine rings is 1. The highest BCUT2D eigenvalue weighted by atomic mass is 19.4. The number of hydrogen-bond acceptors (Lipinski definition) is 3. The van der Waals surface area contributed by atoms with Gasteiger partial charge in [0.05, 0.1) is 23.7 Å². The molecule has 0 radical (unpaired) electrons. The fourth-order valence-corrected chi connectivity index (χ4v) is 5.33. The van der Waals surface area contributed by atoms with Crippen LogP contribution in [0.2, 0.25) is 0 Å². The summed E-state index contributed by atoms with van der Waals surface area (Å²) in [6.45, 7) is 2.81. The lowest BCUT2D eigenvalue weighted by Crippen LogP contribution is -2.35. The maximum Gasteiger partial charge on any atom is 0.416 e. The van der Waals surface area contributed by atoms with Crippen molar-refractivity contribution < 1.29 is 41.0 Å². The Morgan fingerprint density at radius 3 is 2.26 bits per heavy atom. The highest BCUT2D eigenvalue weighted by Crippen LogP contribution is 2.47. The zero-order valence-corrected chi connectivity index (χ0v) is 21.0. The molecular weight excluding hydrogens is 512 g/mol. The normalized spacial score (nSPS) is 19.2. The third-order valence-corrected chi connectivity index (χ3v) is 7.63. The maximum absolute atomic E-state index is 13.4. The summed E-state index contributed by atoms with van der Waals surface area (Å²) in [6, 6.07) is 9.08. The molecule has 0 spiro atoms. The van der Waals surface area contributed by atoms with Gasteiger partial charge in [-0.15, -0.1) is 0 Å². The Morgan fingerprint density at radius 1 is 1.00 bits per heavy atom. The lowest BCUT2D eigenvalue weighted by Gasteiger charge is -2.32. The van der Waals surface area contributed by atoms with Crippen LogP contribution in [0.3, 0.4) is 0 Å². The van der Waals surface area contributed by atoms with Gasteiger partial charge in [0.2, 0.25) is 0 Å². The molecular formula is C28H31F6NO3. The molecule has 0 bridgehead atoms. The van der Waals surface area contributed by atoms with Crippen LogP contribution in [0, 0.1) is 17.8 Å². The topological polar surface area (TPSA) is 49.8 Å². The number of halogens is 6. The first-order chi connectivity index (χ1) is 17.8. The van der Waals surface area contributed by atoms with E-state index in [0.29, 0.717) is 62.4 Å². The standard InChI is InChI=1S/C28H31F6NO3/c1-17(26(36)37)25(19-5-6-19)20-3-2-4-23(14-20)38-16-18-9-11-35(12-10-18)15-21-13-22(27(29,30)31)7-8-24(21)28(32,33)34/h2-4,7-8,13-14,17-19,25H,5-6,9-12,15-16H2,1H3,(H,36,37)/t17-,25?/m0/s1. The number of carboxylic acids is 1. The number of carbonyl (C=O) groups is 1. The van der Waals surface area contributed by atoms with Crippen LogP contribution in [0.4, 0.5) is 26.3 Å². The van der Waals surface area contributed by atoms with Gasteiger partial charge in [0, 0.05) is 6.54 Å². The van der Waals surface area contributed by atoms with E-state index in [1.54, 1.807) is 11.8 Å². The molecule has 1 aliphatic carbocycles. The molecule has 1 unspecified atom stereocenters. The smallest absolute Gasteiger partial charge is 0.416 e. The highest BCUT2D eigenvalue weighted by Gasteiger charge is 2.39. The van der Waals surface area contributed by atoms with Gasteiger partial charge >= 0.3 is 18.3 Å². The molecule has 2 aromatic carbocycles. The molecule has 38 heavy (non-hydrogen) atoms. The van der Waals surface area contributed by atoms with Crippen molar-refractivity contribution in [2.75, 3.05) is 19.7 Å². The Hall–Kier alpha value is -2.75. The number of nitrogens with zero attached hydrogens (tertiary/aromatic N) is 1. The van der Waals surface area contributed by atoms with Crippen LogP contribution in [0.5, 0.6) is 5.75 Å². The van der Waals surface area contributed by atoms with E-state index in [4.69, 9.17) is 4.74 Å². The molecule has 208 valence electrons. The minimum absolute atomic E-state index is 0.0725. The minimum atomic E-state index is -4.74. The van der Waals surface area contributed by atoms with Crippen LogP contribution in [-0.2, 0) is 23.7 Å². The molecule has 0 aromatic heterocycles. The SMILES string of the molecule is C[C@H](C(=O)O)C(c1cccc(OCC2CCN(Cc3cc(C(F)(F)F)ccc3C(F)(F)F)CC2)c1)C1CC1. The molecule has 1 N–H and O–H groups in total. The highest BCUT2D eigenvalue weighted by molar-refractivity contribution is 5.71. The van der Waals surface area contributed by atoms with Crippen LogP contribution in [0.15, 0.2) is 42.5 Å². The number of benzene rings is 2. The van der Waals surface area contributed by atoms with E-state index in [2.05, 4.69) is 0 Å². The lowest BCUT2D eigenvalue weighted by molar-refractivity contribution is -0.142. The largest absolute Gasteiger partial charge is 0.493 e. The zero-order valence-electron chi connectivity index (χ0n) is 21.0. The number of carboxylic acid groups (broad SMARTS) is 1. The lowest BCUT2D eigenvalue weighted by atomic mass is 9.83. The molecule has 2 aliphatic rings. The molecule has 0 amide bonds. The van der Waals surface area contributed by atoms with Crippen LogP contribution in [0.25, 0.3) is 0 Å². The first-order valence-corrected chi connectivity index (χ1v) is 12.8. The maximum atomic E-state index is 13.4. The van der Waals surface area contributed by atoms with Gasteiger partial charge in [-0.2, -0.15) is 26.3 Å². The van der Waals surface area contributed by atoms with Crippen LogP contribution < -0.4 is 4.74 Å². The molecule has 4 nitrogen and oxygen atoms in total. The van der Waals surface area contributed by atoms with E-state index in [1.165, 1.54) is 0 Å². The number of alkyl halides is 6. The molecule has 2 fully saturated rings. The Morgan fingerprint density at radius 2 is 1.68 bits per heavy atom. The van der Waals surface area contributed by atoms with Crippen molar-refractivity contribution in [1.82, 2.24) is 4.90 Å². The Bertz CT molecular complexity index is 1120. The number of rotatable bonds is 9. The molecule has 2 aromatic rings. The van der Waals surface area contributed by atoms with Gasteiger partial charge in [-0.1, -0.05) is 19.1 Å². The molecule has 1 saturated heterocycles. The fourth-order valence-electron chi connectivity index (χ4n) is 5.33. The Kier molecular flexibility index (Phi) is 8.30. The summed E-state index contributed by atoms with van der Waals surface area (Å²) in [5, 5.41) is 9.51. The first kappa shape index (κ1) is 28.3. The monoisotopic (exact) mass is 543 g/mol. The van der Waals surface area contributed by atoms with E-state index in [-0.39, 0.29) is 23.9 Å². The molecule has 2 atom stereocenters. The average Bonchev–Trinajstić information content (AvgIpc) is 3.68. The van der Waals surface area contributed by atoms with E-state index in [1.807, 2.05) is 24.3 Å². The van der Waals surface area contributed by atoms with Crippen molar-refractivity contribution in [2.45, 2.75) is 57.4 Å². The van der Waals surface area contributed by atoms with Crippen LogP contribution >= 0.6 is 0 Å². The third-order valence-electron chi connectivity index (χ3n) is 7.63. The van der Waals surface area contributed by atoms with E-state index in [9.17, 15) is 36.2 Å². The van der Waals surface area contributed by atoms with Crippen LogP contribution in [-0.4, -0.2) is 35.7 Å². The van der Waals surface area contributed by atoms with Crippen molar-refractivity contribution in [3.8, 4) is 5.75 Å². The number of ether oxygens (including phenoxy) is 1. The van der Waals surface area contributed by atoms with Gasteiger partial charge in [0.15, 0.2) is 0 Å². The summed E-state index contributed by atoms with van der Waals surface area (Å²) in [6.07, 6.45) is -6.15. The minimum Gasteiger partial charge on any atom is -0.493 e. The number of aliphatic carboxylic acids is 1. The van der Waals surface area contributed by atoms with Gasteiger partial charge in [-0.3, -0.25) is 9.69 Å². The molecule has 1 heterocycles. The summed E-state index contributed by atoms with van der Waals surface area (Å²) in [5.41, 5.74) is -1.57. The summed E-state index contributed by atoms with van der Waals surface area (Å²) >= 11 is 0. The molecule has 10 heteroatoms. The van der Waals surface area contributed by atoms with Gasteiger partial charge in [-0.05, 0) is 98.0 Å².